The number of carbonyl (C=O) groups excluding carboxylic acids is 2. The van der Waals surface area contributed by atoms with Gasteiger partial charge in [0.15, 0.2) is 0 Å². The first-order valence-electron chi connectivity index (χ1n) is 10.3. The summed E-state index contributed by atoms with van der Waals surface area (Å²) in [6.45, 7) is 3.52. The lowest BCUT2D eigenvalue weighted by molar-refractivity contribution is -0.127. The second-order valence-corrected chi connectivity index (χ2v) is 9.91. The number of ether oxygens (including phenoxy) is 2. The molecule has 4 saturated carbocycles. The van der Waals surface area contributed by atoms with Gasteiger partial charge in [-0.3, -0.25) is 4.79 Å². The van der Waals surface area contributed by atoms with Crippen LogP contribution >= 0.6 is 11.3 Å². The fraction of sp³-hybridized carbons (Fsp3) is 0.714. The van der Waals surface area contributed by atoms with Gasteiger partial charge in [0.05, 0.1) is 30.8 Å². The highest BCUT2D eigenvalue weighted by atomic mass is 32.1. The third-order valence-corrected chi connectivity index (χ3v) is 8.25. The molecule has 6 heteroatoms. The van der Waals surface area contributed by atoms with Crippen LogP contribution in [0.5, 0.6) is 0 Å². The first-order valence-corrected chi connectivity index (χ1v) is 11.1. The molecule has 146 valence electrons. The van der Waals surface area contributed by atoms with Crippen LogP contribution < -0.4 is 5.32 Å². The smallest absolute Gasteiger partial charge is 0.341 e. The van der Waals surface area contributed by atoms with E-state index in [9.17, 15) is 9.59 Å². The van der Waals surface area contributed by atoms with Crippen molar-refractivity contribution < 1.29 is 19.1 Å². The van der Waals surface area contributed by atoms with Gasteiger partial charge in [-0.1, -0.05) is 6.92 Å². The van der Waals surface area contributed by atoms with Gasteiger partial charge in [0, 0.05) is 4.88 Å². The van der Waals surface area contributed by atoms with Crippen LogP contribution in [0.15, 0.2) is 0 Å². The van der Waals surface area contributed by atoms with Crippen LogP contribution in [0.2, 0.25) is 0 Å². The van der Waals surface area contributed by atoms with E-state index in [2.05, 4.69) is 5.32 Å². The summed E-state index contributed by atoms with van der Waals surface area (Å²) in [7, 11) is 0. The van der Waals surface area contributed by atoms with Crippen molar-refractivity contribution in [3.8, 4) is 0 Å². The predicted molar refractivity (Wildman–Crippen MR) is 103 cm³/mol. The third-order valence-electron chi connectivity index (χ3n) is 7.13. The predicted octanol–water partition coefficient (Wildman–Crippen LogP) is 4.15. The van der Waals surface area contributed by atoms with Crippen LogP contribution in [0.1, 0.15) is 66.2 Å². The Morgan fingerprint density at radius 2 is 2.04 bits per heavy atom. The summed E-state index contributed by atoms with van der Waals surface area (Å²) in [5.74, 6) is 1.83. The molecule has 0 radical (unpaired) electrons. The molecule has 0 aromatic carbocycles. The molecule has 4 aliphatic carbocycles. The lowest BCUT2D eigenvalue weighted by Gasteiger charge is -2.31. The molecule has 5 nitrogen and oxygen atoms in total. The first kappa shape index (κ1) is 17.7. The standard InChI is InChI=1S/C21H27NO4S/c1-2-4-26-19(23)17-15-3-5-25-11-16(15)27-18(17)22-20(24)21-9-12-6-13(10-21)8-14(21)7-12/h12-14H,2-11H2,1H3,(H,22,24). The molecule has 2 atom stereocenters. The Labute approximate surface area is 163 Å². The van der Waals surface area contributed by atoms with Crippen LogP contribution in [-0.4, -0.2) is 25.1 Å². The summed E-state index contributed by atoms with van der Waals surface area (Å²) in [6, 6.07) is 0. The van der Waals surface area contributed by atoms with Crippen molar-refractivity contribution in [1.82, 2.24) is 0 Å². The van der Waals surface area contributed by atoms with Gasteiger partial charge in [-0.2, -0.15) is 0 Å². The Kier molecular flexibility index (Phi) is 4.32. The van der Waals surface area contributed by atoms with Crippen molar-refractivity contribution in [2.24, 2.45) is 23.2 Å². The highest BCUT2D eigenvalue weighted by Crippen LogP contribution is 2.65. The van der Waals surface area contributed by atoms with Crippen LogP contribution in [0, 0.1) is 23.2 Å². The van der Waals surface area contributed by atoms with E-state index >= 15 is 0 Å². The summed E-state index contributed by atoms with van der Waals surface area (Å²) in [4.78, 5) is 27.2. The molecule has 5 aliphatic rings. The van der Waals surface area contributed by atoms with Gasteiger partial charge in [0.2, 0.25) is 5.91 Å². The number of esters is 1. The zero-order chi connectivity index (χ0) is 18.6. The Hall–Kier alpha value is -1.40. The topological polar surface area (TPSA) is 64.6 Å². The van der Waals surface area contributed by atoms with Gasteiger partial charge in [-0.25, -0.2) is 4.79 Å². The summed E-state index contributed by atoms with van der Waals surface area (Å²) >= 11 is 1.50. The number of anilines is 1. The Morgan fingerprint density at radius 3 is 2.78 bits per heavy atom. The van der Waals surface area contributed by atoms with E-state index in [-0.39, 0.29) is 17.3 Å². The Bertz CT molecular complexity index is 771. The molecule has 1 amide bonds. The molecule has 4 bridgehead atoms. The van der Waals surface area contributed by atoms with Crippen molar-refractivity contribution in [2.45, 2.75) is 58.5 Å². The minimum Gasteiger partial charge on any atom is -0.462 e. The molecular formula is C21H27NO4S. The number of fused-ring (bicyclic) bond motifs is 1. The molecule has 4 fully saturated rings. The highest BCUT2D eigenvalue weighted by Gasteiger charge is 2.61. The van der Waals surface area contributed by atoms with Gasteiger partial charge in [0.1, 0.15) is 5.00 Å². The lowest BCUT2D eigenvalue weighted by Crippen LogP contribution is -2.37. The molecule has 1 aromatic heterocycles. The molecule has 2 heterocycles. The molecule has 1 aromatic rings. The maximum atomic E-state index is 13.4. The molecular weight excluding hydrogens is 362 g/mol. The molecule has 6 rings (SSSR count). The van der Waals surface area contributed by atoms with Crippen molar-refractivity contribution in [3.05, 3.63) is 16.0 Å². The molecule has 2 unspecified atom stereocenters. The first-order chi connectivity index (χ1) is 13.1. The Morgan fingerprint density at radius 1 is 1.26 bits per heavy atom. The monoisotopic (exact) mass is 389 g/mol. The fourth-order valence-corrected chi connectivity index (χ4v) is 7.37. The van der Waals surface area contributed by atoms with Gasteiger partial charge in [-0.15, -0.1) is 11.3 Å². The summed E-state index contributed by atoms with van der Waals surface area (Å²) in [5.41, 5.74) is 1.39. The van der Waals surface area contributed by atoms with Gasteiger partial charge < -0.3 is 14.8 Å². The largest absolute Gasteiger partial charge is 0.462 e. The number of rotatable bonds is 5. The number of thiophene rings is 1. The van der Waals surface area contributed by atoms with Crippen molar-refractivity contribution in [3.63, 3.8) is 0 Å². The van der Waals surface area contributed by atoms with Crippen molar-refractivity contribution >= 4 is 28.2 Å². The molecule has 1 N–H and O–H groups in total. The molecule has 1 aliphatic heterocycles. The van der Waals surface area contributed by atoms with Crippen molar-refractivity contribution in [2.75, 3.05) is 18.5 Å². The zero-order valence-corrected chi connectivity index (χ0v) is 16.7. The van der Waals surface area contributed by atoms with Gasteiger partial charge in [0.25, 0.3) is 0 Å². The van der Waals surface area contributed by atoms with Crippen LogP contribution in [0.4, 0.5) is 5.00 Å². The average Bonchev–Trinajstić information content (AvgIpc) is 3.23. The van der Waals surface area contributed by atoms with E-state index in [0.29, 0.717) is 42.7 Å². The van der Waals surface area contributed by atoms with E-state index in [1.54, 1.807) is 0 Å². The summed E-state index contributed by atoms with van der Waals surface area (Å²) < 4.78 is 11.0. The number of amides is 1. The van der Waals surface area contributed by atoms with E-state index in [1.807, 2.05) is 6.92 Å². The highest BCUT2D eigenvalue weighted by molar-refractivity contribution is 7.17. The van der Waals surface area contributed by atoms with Gasteiger partial charge >= 0.3 is 5.97 Å². The third kappa shape index (κ3) is 2.75. The summed E-state index contributed by atoms with van der Waals surface area (Å²) in [6.07, 6.45) is 7.29. The van der Waals surface area contributed by atoms with Crippen LogP contribution in [0.3, 0.4) is 0 Å². The fourth-order valence-electron chi connectivity index (χ4n) is 6.20. The molecule has 0 saturated heterocycles. The molecule has 27 heavy (non-hydrogen) atoms. The van der Waals surface area contributed by atoms with E-state index in [1.165, 1.54) is 30.6 Å². The van der Waals surface area contributed by atoms with E-state index in [4.69, 9.17) is 9.47 Å². The number of nitrogens with one attached hydrogen (secondary N) is 1. The quantitative estimate of drug-likeness (QED) is 0.768. The SMILES string of the molecule is CCCOC(=O)c1c(NC(=O)C23CC4CC(CC2C4)C3)sc2c1CCOC2. The summed E-state index contributed by atoms with van der Waals surface area (Å²) in [5, 5.41) is 3.87. The second kappa shape index (κ2) is 6.59. The van der Waals surface area contributed by atoms with Crippen LogP contribution in [-0.2, 0) is 27.3 Å². The van der Waals surface area contributed by atoms with E-state index in [0.717, 1.165) is 41.5 Å². The minimum atomic E-state index is -0.304. The Balaban J connectivity index is 1.44. The normalized spacial score (nSPS) is 33.1. The van der Waals surface area contributed by atoms with Crippen molar-refractivity contribution in [1.29, 1.82) is 0 Å². The number of carbonyl (C=O) groups is 2. The second-order valence-electron chi connectivity index (χ2n) is 8.80. The number of hydrogen-bond acceptors (Lipinski definition) is 5. The maximum absolute atomic E-state index is 13.4. The minimum absolute atomic E-state index is 0.140. The van der Waals surface area contributed by atoms with E-state index < -0.39 is 0 Å². The van der Waals surface area contributed by atoms with Crippen LogP contribution in [0.25, 0.3) is 0 Å². The van der Waals surface area contributed by atoms with Gasteiger partial charge in [-0.05, 0) is 68.3 Å². The lowest BCUT2D eigenvalue weighted by atomic mass is 9.75. The number of hydrogen-bond donors (Lipinski definition) is 1. The maximum Gasteiger partial charge on any atom is 0.341 e. The molecule has 0 spiro atoms. The zero-order valence-electron chi connectivity index (χ0n) is 15.8. The average molecular weight is 390 g/mol.